The average Bonchev–Trinajstić information content (AvgIpc) is 2.92. The molecule has 2 heterocycles. The van der Waals surface area contributed by atoms with Gasteiger partial charge in [-0.2, -0.15) is 0 Å². The molecule has 5 heteroatoms. The summed E-state index contributed by atoms with van der Waals surface area (Å²) in [6, 6.07) is 4.56. The van der Waals surface area contributed by atoms with Gasteiger partial charge >= 0.3 is 5.97 Å². The highest BCUT2D eigenvalue weighted by molar-refractivity contribution is 5.69. The van der Waals surface area contributed by atoms with Gasteiger partial charge in [-0.25, -0.2) is 4.98 Å². The molecule has 2 aromatic rings. The molecule has 1 aromatic heterocycles. The maximum absolute atomic E-state index is 11.5. The quantitative estimate of drug-likeness (QED) is 0.165. The number of esters is 1. The van der Waals surface area contributed by atoms with E-state index in [1.807, 2.05) is 6.92 Å². The highest BCUT2D eigenvalue weighted by atomic mass is 16.5. The second-order valence-electron chi connectivity index (χ2n) is 10.1. The number of hydrogen-bond donors (Lipinski definition) is 0. The Balaban J connectivity index is 1.76. The molecule has 0 bridgehead atoms. The van der Waals surface area contributed by atoms with Crippen LogP contribution >= 0.6 is 0 Å². The first-order valence-electron chi connectivity index (χ1n) is 14.3. The van der Waals surface area contributed by atoms with Gasteiger partial charge in [0.2, 0.25) is 0 Å². The number of ether oxygens (including phenoxy) is 2. The Labute approximate surface area is 223 Å². The molecule has 1 aliphatic rings. The van der Waals surface area contributed by atoms with Gasteiger partial charge in [0.25, 0.3) is 0 Å². The van der Waals surface area contributed by atoms with E-state index in [-0.39, 0.29) is 11.4 Å². The van der Waals surface area contributed by atoms with Crippen molar-refractivity contribution in [2.45, 2.75) is 110 Å². The fraction of sp³-hybridized carbons (Fsp3) is 0.594. The van der Waals surface area contributed by atoms with Gasteiger partial charge in [0, 0.05) is 29.2 Å². The highest BCUT2D eigenvalue weighted by Gasteiger charge is 2.35. The van der Waals surface area contributed by atoms with Crippen LogP contribution in [0.2, 0.25) is 0 Å². The molecule has 0 fully saturated rings. The summed E-state index contributed by atoms with van der Waals surface area (Å²) in [4.78, 5) is 20.6. The standard InChI is InChI=1S/C32H44N2O3/c1-5-9-10-11-14-25-22-30-29(32(6-2,7-3)19-20-37-30)21-26(25)17-18-28-24-33-27(23-34-28)15-12-13-16-31(35)36-8-4/h21-24H,5-16,19-20H2,1-4H3. The summed E-state index contributed by atoms with van der Waals surface area (Å²) >= 11 is 0. The van der Waals surface area contributed by atoms with Crippen LogP contribution in [0.5, 0.6) is 5.75 Å². The van der Waals surface area contributed by atoms with Crippen molar-refractivity contribution in [2.75, 3.05) is 13.2 Å². The molecule has 0 saturated heterocycles. The fourth-order valence-corrected chi connectivity index (χ4v) is 5.19. The predicted molar refractivity (Wildman–Crippen MR) is 149 cm³/mol. The highest BCUT2D eigenvalue weighted by Crippen LogP contribution is 2.44. The summed E-state index contributed by atoms with van der Waals surface area (Å²) in [7, 11) is 0. The molecule has 0 N–H and O–H groups in total. The maximum atomic E-state index is 11.5. The van der Waals surface area contributed by atoms with Crippen LogP contribution in [0, 0.1) is 11.8 Å². The zero-order valence-corrected chi connectivity index (χ0v) is 23.3. The van der Waals surface area contributed by atoms with Gasteiger partial charge in [0.1, 0.15) is 11.4 Å². The summed E-state index contributed by atoms with van der Waals surface area (Å²) in [5.41, 5.74) is 5.45. The molecule has 0 spiro atoms. The van der Waals surface area contributed by atoms with E-state index in [2.05, 4.69) is 54.7 Å². The number of aromatic nitrogens is 2. The molecular weight excluding hydrogens is 460 g/mol. The lowest BCUT2D eigenvalue weighted by atomic mass is 9.71. The molecular formula is C32H44N2O3. The van der Waals surface area contributed by atoms with Crippen LogP contribution in [0.3, 0.4) is 0 Å². The van der Waals surface area contributed by atoms with E-state index < -0.39 is 0 Å². The predicted octanol–water partition coefficient (Wildman–Crippen LogP) is 7.12. The molecule has 0 amide bonds. The van der Waals surface area contributed by atoms with E-state index >= 15 is 0 Å². The third-order valence-electron chi connectivity index (χ3n) is 7.67. The molecule has 3 rings (SSSR count). The zero-order valence-electron chi connectivity index (χ0n) is 23.3. The number of fused-ring (bicyclic) bond motifs is 1. The van der Waals surface area contributed by atoms with Crippen molar-refractivity contribution in [3.63, 3.8) is 0 Å². The topological polar surface area (TPSA) is 61.3 Å². The van der Waals surface area contributed by atoms with Crippen LogP contribution in [-0.4, -0.2) is 29.2 Å². The van der Waals surface area contributed by atoms with E-state index in [9.17, 15) is 4.79 Å². The first-order chi connectivity index (χ1) is 18.0. The van der Waals surface area contributed by atoms with Gasteiger partial charge in [-0.1, -0.05) is 46.0 Å². The molecule has 0 aliphatic carbocycles. The number of unbranched alkanes of at least 4 members (excludes halogenated alkanes) is 4. The Morgan fingerprint density at radius 2 is 1.78 bits per heavy atom. The van der Waals surface area contributed by atoms with Crippen LogP contribution in [0.4, 0.5) is 0 Å². The lowest BCUT2D eigenvalue weighted by molar-refractivity contribution is -0.143. The minimum atomic E-state index is -0.132. The minimum absolute atomic E-state index is 0.132. The van der Waals surface area contributed by atoms with Crippen LogP contribution in [0.25, 0.3) is 0 Å². The first-order valence-corrected chi connectivity index (χ1v) is 14.3. The van der Waals surface area contributed by atoms with Gasteiger partial charge < -0.3 is 9.47 Å². The fourth-order valence-electron chi connectivity index (χ4n) is 5.19. The molecule has 0 saturated carbocycles. The zero-order chi connectivity index (χ0) is 26.5. The summed E-state index contributed by atoms with van der Waals surface area (Å²) in [6.45, 7) is 9.88. The van der Waals surface area contributed by atoms with Crippen molar-refractivity contribution in [1.82, 2.24) is 9.97 Å². The van der Waals surface area contributed by atoms with Crippen molar-refractivity contribution < 1.29 is 14.3 Å². The summed E-state index contributed by atoms with van der Waals surface area (Å²) in [5, 5.41) is 0. The third-order valence-corrected chi connectivity index (χ3v) is 7.67. The monoisotopic (exact) mass is 504 g/mol. The van der Waals surface area contributed by atoms with Gasteiger partial charge in [-0.3, -0.25) is 9.78 Å². The molecule has 0 radical (unpaired) electrons. The normalized spacial score (nSPS) is 13.7. The molecule has 0 atom stereocenters. The summed E-state index contributed by atoms with van der Waals surface area (Å²) in [5.74, 6) is 7.64. The number of hydrogen-bond acceptors (Lipinski definition) is 5. The van der Waals surface area contributed by atoms with Gasteiger partial charge in [0.15, 0.2) is 0 Å². The molecule has 200 valence electrons. The van der Waals surface area contributed by atoms with Crippen LogP contribution in [-0.2, 0) is 27.8 Å². The van der Waals surface area contributed by atoms with E-state index in [1.165, 1.54) is 36.8 Å². The van der Waals surface area contributed by atoms with E-state index in [0.29, 0.717) is 18.7 Å². The van der Waals surface area contributed by atoms with Crippen molar-refractivity contribution >= 4 is 5.97 Å². The molecule has 5 nitrogen and oxygen atoms in total. The number of nitrogens with zero attached hydrogens (tertiary/aromatic N) is 2. The molecule has 37 heavy (non-hydrogen) atoms. The van der Waals surface area contributed by atoms with E-state index in [4.69, 9.17) is 9.47 Å². The van der Waals surface area contributed by atoms with Gasteiger partial charge in [0.05, 0.1) is 25.1 Å². The smallest absolute Gasteiger partial charge is 0.305 e. The van der Waals surface area contributed by atoms with Crippen LogP contribution in [0.15, 0.2) is 24.5 Å². The van der Waals surface area contributed by atoms with Crippen molar-refractivity contribution in [3.05, 3.63) is 52.6 Å². The lowest BCUT2D eigenvalue weighted by Gasteiger charge is -2.38. The lowest BCUT2D eigenvalue weighted by Crippen LogP contribution is -2.32. The summed E-state index contributed by atoms with van der Waals surface area (Å²) in [6.07, 6.45) is 15.7. The van der Waals surface area contributed by atoms with Crippen LogP contribution < -0.4 is 4.74 Å². The number of carbonyl (C=O) groups excluding carboxylic acids is 1. The number of rotatable bonds is 13. The van der Waals surface area contributed by atoms with Gasteiger partial charge in [-0.05, 0) is 81.9 Å². The Bertz CT molecular complexity index is 1060. The largest absolute Gasteiger partial charge is 0.493 e. The minimum Gasteiger partial charge on any atom is -0.493 e. The maximum Gasteiger partial charge on any atom is 0.305 e. The summed E-state index contributed by atoms with van der Waals surface area (Å²) < 4.78 is 11.1. The molecule has 1 aliphatic heterocycles. The Hall–Kier alpha value is -2.87. The second kappa shape index (κ2) is 14.8. The van der Waals surface area contributed by atoms with Crippen molar-refractivity contribution in [1.29, 1.82) is 0 Å². The number of aryl methyl sites for hydroxylation is 2. The van der Waals surface area contributed by atoms with E-state index in [0.717, 1.165) is 68.6 Å². The van der Waals surface area contributed by atoms with Crippen LogP contribution in [0.1, 0.15) is 120 Å². The Morgan fingerprint density at radius 1 is 0.973 bits per heavy atom. The average molecular weight is 505 g/mol. The Morgan fingerprint density at radius 3 is 2.49 bits per heavy atom. The van der Waals surface area contributed by atoms with Crippen molar-refractivity contribution in [3.8, 4) is 17.6 Å². The second-order valence-corrected chi connectivity index (χ2v) is 10.1. The first kappa shape index (κ1) is 28.7. The molecule has 1 aromatic carbocycles. The third kappa shape index (κ3) is 8.06. The van der Waals surface area contributed by atoms with E-state index in [1.54, 1.807) is 12.4 Å². The number of carbonyl (C=O) groups is 1. The van der Waals surface area contributed by atoms with Crippen molar-refractivity contribution in [2.24, 2.45) is 0 Å². The Kier molecular flexibility index (Phi) is 11.5. The SMILES string of the molecule is CCCCCCc1cc2c(cc1C#Cc1cnc(CCCCC(=O)OCC)cn1)C(CC)(CC)CCO2. The van der Waals surface area contributed by atoms with Gasteiger partial charge in [-0.15, -0.1) is 0 Å². The molecule has 0 unspecified atom stereocenters. The number of benzene rings is 1.